The van der Waals surface area contributed by atoms with Gasteiger partial charge in [-0.1, -0.05) is 37.6 Å². The largest absolute Gasteiger partial charge is 0.468 e. The zero-order chi connectivity index (χ0) is 20.1. The van der Waals surface area contributed by atoms with Crippen molar-refractivity contribution >= 4 is 23.5 Å². The van der Waals surface area contributed by atoms with Crippen LogP contribution in [0.2, 0.25) is 5.02 Å². The first kappa shape index (κ1) is 21.7. The van der Waals surface area contributed by atoms with Crippen molar-refractivity contribution in [2.45, 2.75) is 44.8 Å². The molecule has 3 atom stereocenters. The Hall–Kier alpha value is -1.63. The summed E-state index contributed by atoms with van der Waals surface area (Å²) in [6.07, 6.45) is 1.01. The maximum absolute atomic E-state index is 12.8. The number of amides is 1. The van der Waals surface area contributed by atoms with Gasteiger partial charge in [0.25, 0.3) is 0 Å². The number of carbonyl (C=O) groups excluding carboxylic acids is 2. The van der Waals surface area contributed by atoms with Crippen LogP contribution in [0.15, 0.2) is 24.3 Å². The first-order chi connectivity index (χ1) is 12.7. The molecule has 6 nitrogen and oxygen atoms in total. The number of nitrogens with two attached hydrogens (primary N) is 1. The van der Waals surface area contributed by atoms with Crippen molar-refractivity contribution in [3.05, 3.63) is 34.9 Å². The minimum Gasteiger partial charge on any atom is -0.468 e. The highest BCUT2D eigenvalue weighted by atomic mass is 35.5. The van der Waals surface area contributed by atoms with Gasteiger partial charge in [0.2, 0.25) is 5.91 Å². The molecule has 1 amide bonds. The average molecular weight is 396 g/mol. The van der Waals surface area contributed by atoms with Crippen molar-refractivity contribution in [2.24, 2.45) is 11.7 Å². The molecule has 0 bridgehead atoms. The molecule has 0 spiro atoms. The van der Waals surface area contributed by atoms with Crippen LogP contribution in [-0.2, 0) is 20.7 Å². The van der Waals surface area contributed by atoms with Gasteiger partial charge in [-0.15, -0.1) is 0 Å². The second-order valence-corrected chi connectivity index (χ2v) is 8.10. The standard InChI is InChI=1S/C20H30ClN3O3/c1-13(2)11-24-12-16(10-18(24)20(26)27-4)23(3)19(25)17(22)9-14-5-7-15(21)8-6-14/h5-8,13,16-18H,9-12,22H2,1-4H3/t16-,17+,18-/m0/s1. The van der Waals surface area contributed by atoms with Crippen LogP contribution >= 0.6 is 11.6 Å². The summed E-state index contributed by atoms with van der Waals surface area (Å²) in [5, 5.41) is 0.654. The average Bonchev–Trinajstić information content (AvgIpc) is 3.04. The van der Waals surface area contributed by atoms with E-state index in [1.807, 2.05) is 12.1 Å². The molecule has 1 aromatic carbocycles. The van der Waals surface area contributed by atoms with Crippen LogP contribution in [0.3, 0.4) is 0 Å². The molecular formula is C20H30ClN3O3. The smallest absolute Gasteiger partial charge is 0.323 e. The molecule has 1 aliphatic rings. The summed E-state index contributed by atoms with van der Waals surface area (Å²) in [4.78, 5) is 28.8. The van der Waals surface area contributed by atoms with Gasteiger partial charge in [-0.3, -0.25) is 14.5 Å². The lowest BCUT2D eigenvalue weighted by atomic mass is 10.0. The molecule has 2 N–H and O–H groups in total. The Morgan fingerprint density at radius 1 is 1.33 bits per heavy atom. The fourth-order valence-corrected chi connectivity index (χ4v) is 3.74. The summed E-state index contributed by atoms with van der Waals surface area (Å²) < 4.78 is 4.95. The Balaban J connectivity index is 2.02. The lowest BCUT2D eigenvalue weighted by molar-refractivity contribution is -0.146. The van der Waals surface area contributed by atoms with Gasteiger partial charge in [0.1, 0.15) is 6.04 Å². The zero-order valence-electron chi connectivity index (χ0n) is 16.5. The van der Waals surface area contributed by atoms with Crippen molar-refractivity contribution in [2.75, 3.05) is 27.2 Å². The molecule has 7 heteroatoms. The van der Waals surface area contributed by atoms with E-state index < -0.39 is 6.04 Å². The molecule has 1 fully saturated rings. The molecular weight excluding hydrogens is 366 g/mol. The third kappa shape index (κ3) is 5.67. The number of halogens is 1. The van der Waals surface area contributed by atoms with Gasteiger partial charge in [-0.25, -0.2) is 0 Å². The summed E-state index contributed by atoms with van der Waals surface area (Å²) in [5.41, 5.74) is 7.13. The number of likely N-dealkylation sites (N-methyl/N-ethyl adjacent to an activating group) is 1. The van der Waals surface area contributed by atoms with E-state index in [1.165, 1.54) is 7.11 Å². The maximum atomic E-state index is 12.8. The van der Waals surface area contributed by atoms with Crippen molar-refractivity contribution in [1.82, 2.24) is 9.80 Å². The number of hydrogen-bond donors (Lipinski definition) is 1. The lowest BCUT2D eigenvalue weighted by Gasteiger charge is -2.28. The Bertz CT molecular complexity index is 650. The summed E-state index contributed by atoms with van der Waals surface area (Å²) in [7, 11) is 3.17. The second-order valence-electron chi connectivity index (χ2n) is 7.66. The van der Waals surface area contributed by atoms with Crippen molar-refractivity contribution in [1.29, 1.82) is 0 Å². The molecule has 0 radical (unpaired) electrons. The van der Waals surface area contributed by atoms with E-state index in [2.05, 4.69) is 18.7 Å². The van der Waals surface area contributed by atoms with Gasteiger partial charge < -0.3 is 15.4 Å². The van der Waals surface area contributed by atoms with Gasteiger partial charge in [-0.2, -0.15) is 0 Å². The number of nitrogens with zero attached hydrogens (tertiary/aromatic N) is 2. The van der Waals surface area contributed by atoms with Crippen LogP contribution in [0.5, 0.6) is 0 Å². The van der Waals surface area contributed by atoms with Crippen LogP contribution in [0, 0.1) is 5.92 Å². The Labute approximate surface area is 166 Å². The summed E-state index contributed by atoms with van der Waals surface area (Å²) in [6, 6.07) is 6.33. The van der Waals surface area contributed by atoms with Crippen LogP contribution < -0.4 is 5.73 Å². The Morgan fingerprint density at radius 2 is 1.96 bits per heavy atom. The minimum absolute atomic E-state index is 0.0587. The van der Waals surface area contributed by atoms with Gasteiger partial charge in [0.05, 0.1) is 13.2 Å². The number of esters is 1. The van der Waals surface area contributed by atoms with Crippen LogP contribution in [-0.4, -0.2) is 67.0 Å². The number of methoxy groups -OCH3 is 1. The predicted octanol–water partition coefficient (Wildman–Crippen LogP) is 1.94. The molecule has 0 aromatic heterocycles. The molecule has 2 rings (SSSR count). The van der Waals surface area contributed by atoms with E-state index in [9.17, 15) is 9.59 Å². The molecule has 0 unspecified atom stereocenters. The molecule has 150 valence electrons. The van der Waals surface area contributed by atoms with Crippen LogP contribution in [0.25, 0.3) is 0 Å². The number of hydrogen-bond acceptors (Lipinski definition) is 5. The number of ether oxygens (including phenoxy) is 1. The van der Waals surface area contributed by atoms with Crippen LogP contribution in [0.4, 0.5) is 0 Å². The van der Waals surface area contributed by atoms with E-state index in [-0.39, 0.29) is 24.0 Å². The van der Waals surface area contributed by atoms with E-state index in [1.54, 1.807) is 24.1 Å². The fraction of sp³-hybridized carbons (Fsp3) is 0.600. The van der Waals surface area contributed by atoms with E-state index in [4.69, 9.17) is 22.1 Å². The predicted molar refractivity (Wildman–Crippen MR) is 107 cm³/mol. The molecule has 1 saturated heterocycles. The number of benzene rings is 1. The highest BCUT2D eigenvalue weighted by Crippen LogP contribution is 2.24. The highest BCUT2D eigenvalue weighted by Gasteiger charge is 2.40. The summed E-state index contributed by atoms with van der Waals surface area (Å²) in [5.74, 6) is 0.0542. The first-order valence-corrected chi connectivity index (χ1v) is 9.69. The van der Waals surface area contributed by atoms with Gasteiger partial charge in [-0.05, 0) is 36.5 Å². The SMILES string of the molecule is COC(=O)[C@@H]1C[C@H](N(C)C(=O)[C@H](N)Cc2ccc(Cl)cc2)CN1CC(C)C. The molecule has 1 heterocycles. The van der Waals surface area contributed by atoms with E-state index >= 15 is 0 Å². The van der Waals surface area contributed by atoms with E-state index in [0.29, 0.717) is 30.3 Å². The zero-order valence-corrected chi connectivity index (χ0v) is 17.3. The number of carbonyl (C=O) groups is 2. The van der Waals surface area contributed by atoms with E-state index in [0.717, 1.165) is 12.1 Å². The van der Waals surface area contributed by atoms with Gasteiger partial charge in [0, 0.05) is 31.2 Å². The van der Waals surface area contributed by atoms with Crippen molar-refractivity contribution in [3.63, 3.8) is 0 Å². The van der Waals surface area contributed by atoms with Crippen molar-refractivity contribution in [3.8, 4) is 0 Å². The highest BCUT2D eigenvalue weighted by molar-refractivity contribution is 6.30. The topological polar surface area (TPSA) is 75.9 Å². The normalized spacial score (nSPS) is 21.3. The van der Waals surface area contributed by atoms with Crippen molar-refractivity contribution < 1.29 is 14.3 Å². The summed E-state index contributed by atoms with van der Waals surface area (Å²) in [6.45, 7) is 5.65. The quantitative estimate of drug-likeness (QED) is 0.714. The van der Waals surface area contributed by atoms with Gasteiger partial charge in [0.15, 0.2) is 0 Å². The maximum Gasteiger partial charge on any atom is 0.323 e. The Kier molecular flexibility index (Phi) is 7.65. The third-order valence-corrected chi connectivity index (χ3v) is 5.29. The molecule has 0 saturated carbocycles. The molecule has 0 aliphatic carbocycles. The fourth-order valence-electron chi connectivity index (χ4n) is 3.62. The minimum atomic E-state index is -0.632. The number of likely N-dealkylation sites (tertiary alicyclic amines) is 1. The van der Waals surface area contributed by atoms with Gasteiger partial charge >= 0.3 is 5.97 Å². The third-order valence-electron chi connectivity index (χ3n) is 5.04. The lowest BCUT2D eigenvalue weighted by Crippen LogP contribution is -2.48. The first-order valence-electron chi connectivity index (χ1n) is 9.31. The Morgan fingerprint density at radius 3 is 2.52 bits per heavy atom. The summed E-state index contributed by atoms with van der Waals surface area (Å²) >= 11 is 5.90. The molecule has 1 aliphatic heterocycles. The molecule has 27 heavy (non-hydrogen) atoms. The second kappa shape index (κ2) is 9.53. The monoisotopic (exact) mass is 395 g/mol. The van der Waals surface area contributed by atoms with Crippen LogP contribution in [0.1, 0.15) is 25.8 Å². The number of rotatable bonds is 7. The molecule has 1 aromatic rings.